The van der Waals surface area contributed by atoms with E-state index < -0.39 is 0 Å². The lowest BCUT2D eigenvalue weighted by Crippen LogP contribution is -2.42. The molecule has 0 atom stereocenters. The van der Waals surface area contributed by atoms with Crippen LogP contribution in [0.3, 0.4) is 0 Å². The Morgan fingerprint density at radius 1 is 0.615 bits per heavy atom. The van der Waals surface area contributed by atoms with Gasteiger partial charge < -0.3 is 21.3 Å². The molecular formula is C18H20F2N4S2. The number of rotatable bonds is 7. The van der Waals surface area contributed by atoms with Gasteiger partial charge in [0.25, 0.3) is 0 Å². The number of hydrogen-bond donors (Lipinski definition) is 4. The van der Waals surface area contributed by atoms with Gasteiger partial charge in [-0.2, -0.15) is 0 Å². The SMILES string of the molecule is Fc1ccc(CNC(=S)NCCNC(=S)NCc2ccc(F)cc2)cc1. The zero-order chi connectivity index (χ0) is 18.8. The van der Waals surface area contributed by atoms with Crippen LogP contribution in [0.4, 0.5) is 8.78 Å². The second-order valence-electron chi connectivity index (χ2n) is 5.47. The molecule has 0 spiro atoms. The summed E-state index contributed by atoms with van der Waals surface area (Å²) < 4.78 is 25.7. The van der Waals surface area contributed by atoms with Crippen LogP contribution in [-0.2, 0) is 13.1 Å². The predicted molar refractivity (Wildman–Crippen MR) is 108 cm³/mol. The maximum absolute atomic E-state index is 12.8. The van der Waals surface area contributed by atoms with Crippen molar-refractivity contribution in [2.24, 2.45) is 0 Å². The van der Waals surface area contributed by atoms with Gasteiger partial charge in [0.05, 0.1) is 0 Å². The van der Waals surface area contributed by atoms with Crippen molar-refractivity contribution in [1.82, 2.24) is 21.3 Å². The van der Waals surface area contributed by atoms with Gasteiger partial charge in [-0.1, -0.05) is 24.3 Å². The van der Waals surface area contributed by atoms with E-state index in [0.29, 0.717) is 36.4 Å². The summed E-state index contributed by atoms with van der Waals surface area (Å²) in [4.78, 5) is 0. The normalized spacial score (nSPS) is 10.1. The molecule has 0 aromatic heterocycles. The first-order valence-corrected chi connectivity index (χ1v) is 8.87. The summed E-state index contributed by atoms with van der Waals surface area (Å²) in [6.45, 7) is 2.23. The van der Waals surface area contributed by atoms with Crippen molar-refractivity contribution < 1.29 is 8.78 Å². The summed E-state index contributed by atoms with van der Waals surface area (Å²) >= 11 is 10.4. The molecule has 0 fully saturated rings. The first kappa shape index (κ1) is 20.0. The fourth-order valence-electron chi connectivity index (χ4n) is 2.05. The molecule has 2 rings (SSSR count). The van der Waals surface area contributed by atoms with E-state index in [0.717, 1.165) is 11.1 Å². The smallest absolute Gasteiger partial charge is 0.166 e. The Morgan fingerprint density at radius 2 is 0.962 bits per heavy atom. The maximum atomic E-state index is 12.8. The van der Waals surface area contributed by atoms with Crippen LogP contribution in [0.2, 0.25) is 0 Å². The average Bonchev–Trinajstić information content (AvgIpc) is 2.64. The summed E-state index contributed by atoms with van der Waals surface area (Å²) in [7, 11) is 0. The van der Waals surface area contributed by atoms with Gasteiger partial charge in [0.1, 0.15) is 11.6 Å². The third kappa shape index (κ3) is 7.71. The van der Waals surface area contributed by atoms with Crippen LogP contribution < -0.4 is 21.3 Å². The monoisotopic (exact) mass is 394 g/mol. The Hall–Kier alpha value is -2.32. The third-order valence-electron chi connectivity index (χ3n) is 3.43. The maximum Gasteiger partial charge on any atom is 0.166 e. The van der Waals surface area contributed by atoms with E-state index in [1.807, 2.05) is 0 Å². The minimum atomic E-state index is -0.260. The van der Waals surface area contributed by atoms with Gasteiger partial charge in [-0.25, -0.2) is 8.78 Å². The van der Waals surface area contributed by atoms with Gasteiger partial charge in [0.2, 0.25) is 0 Å². The molecule has 0 radical (unpaired) electrons. The largest absolute Gasteiger partial charge is 0.361 e. The summed E-state index contributed by atoms with van der Waals surface area (Å²) in [6, 6.07) is 12.5. The van der Waals surface area contributed by atoms with E-state index in [1.165, 1.54) is 24.3 Å². The summed E-state index contributed by atoms with van der Waals surface area (Å²) in [5, 5.41) is 13.2. The zero-order valence-corrected chi connectivity index (χ0v) is 15.7. The number of benzene rings is 2. The molecule has 0 saturated heterocycles. The molecule has 0 amide bonds. The minimum Gasteiger partial charge on any atom is -0.361 e. The second kappa shape index (κ2) is 10.6. The van der Waals surface area contributed by atoms with Crippen molar-refractivity contribution in [3.8, 4) is 0 Å². The Labute approximate surface area is 162 Å². The van der Waals surface area contributed by atoms with E-state index in [9.17, 15) is 8.78 Å². The standard InChI is InChI=1S/C18H20F2N4S2/c19-15-5-1-13(2-6-15)11-23-17(25)21-9-10-22-18(26)24-12-14-3-7-16(20)8-4-14/h1-8H,9-12H2,(H2,21,23,25)(H2,22,24,26). The van der Waals surface area contributed by atoms with Crippen molar-refractivity contribution in [1.29, 1.82) is 0 Å². The third-order valence-corrected chi connectivity index (χ3v) is 4.01. The highest BCUT2D eigenvalue weighted by atomic mass is 32.1. The molecule has 4 nitrogen and oxygen atoms in total. The lowest BCUT2D eigenvalue weighted by molar-refractivity contribution is 0.626. The molecule has 0 unspecified atom stereocenters. The van der Waals surface area contributed by atoms with Crippen LogP contribution in [0.1, 0.15) is 11.1 Å². The van der Waals surface area contributed by atoms with Crippen molar-refractivity contribution in [3.63, 3.8) is 0 Å². The van der Waals surface area contributed by atoms with Gasteiger partial charge in [0, 0.05) is 26.2 Å². The molecule has 138 valence electrons. The van der Waals surface area contributed by atoms with Gasteiger partial charge >= 0.3 is 0 Å². The molecule has 8 heteroatoms. The summed E-state index contributed by atoms with van der Waals surface area (Å²) in [6.07, 6.45) is 0. The van der Waals surface area contributed by atoms with Crippen LogP contribution in [0, 0.1) is 11.6 Å². The van der Waals surface area contributed by atoms with Crippen LogP contribution >= 0.6 is 24.4 Å². The van der Waals surface area contributed by atoms with E-state index >= 15 is 0 Å². The molecule has 2 aromatic rings. The quantitative estimate of drug-likeness (QED) is 0.428. The topological polar surface area (TPSA) is 48.1 Å². The number of halogens is 2. The van der Waals surface area contributed by atoms with Gasteiger partial charge in [0.15, 0.2) is 10.2 Å². The molecule has 0 aliphatic rings. The number of thiocarbonyl (C=S) groups is 2. The van der Waals surface area contributed by atoms with Crippen LogP contribution in [-0.4, -0.2) is 23.3 Å². The molecule has 2 aromatic carbocycles. The average molecular weight is 395 g/mol. The second-order valence-corrected chi connectivity index (χ2v) is 6.29. The van der Waals surface area contributed by atoms with Crippen molar-refractivity contribution in [3.05, 3.63) is 71.3 Å². The molecule has 0 aliphatic heterocycles. The molecule has 4 N–H and O–H groups in total. The van der Waals surface area contributed by atoms with Gasteiger partial charge in [-0.05, 0) is 59.8 Å². The lowest BCUT2D eigenvalue weighted by atomic mass is 10.2. The fraction of sp³-hybridized carbons (Fsp3) is 0.222. The highest BCUT2D eigenvalue weighted by molar-refractivity contribution is 7.80. The molecule has 0 saturated carbocycles. The van der Waals surface area contributed by atoms with Crippen molar-refractivity contribution in [2.75, 3.05) is 13.1 Å². The highest BCUT2D eigenvalue weighted by Crippen LogP contribution is 2.02. The van der Waals surface area contributed by atoms with E-state index in [2.05, 4.69) is 21.3 Å². The number of nitrogens with one attached hydrogen (secondary N) is 4. The van der Waals surface area contributed by atoms with Crippen LogP contribution in [0.15, 0.2) is 48.5 Å². The van der Waals surface area contributed by atoms with Crippen LogP contribution in [0.5, 0.6) is 0 Å². The molecule has 0 bridgehead atoms. The Morgan fingerprint density at radius 3 is 1.31 bits per heavy atom. The molecule has 26 heavy (non-hydrogen) atoms. The predicted octanol–water partition coefficient (Wildman–Crippen LogP) is 2.59. The van der Waals surface area contributed by atoms with Crippen LogP contribution in [0.25, 0.3) is 0 Å². The Balaban J connectivity index is 1.54. The van der Waals surface area contributed by atoms with Gasteiger partial charge in [-0.3, -0.25) is 0 Å². The molecule has 0 aliphatic carbocycles. The molecular weight excluding hydrogens is 374 g/mol. The molecule has 0 heterocycles. The van der Waals surface area contributed by atoms with E-state index in [-0.39, 0.29) is 11.6 Å². The Kier molecular flexibility index (Phi) is 8.17. The first-order valence-electron chi connectivity index (χ1n) is 8.05. The summed E-state index contributed by atoms with van der Waals surface area (Å²) in [5.41, 5.74) is 1.89. The highest BCUT2D eigenvalue weighted by Gasteiger charge is 1.99. The summed E-state index contributed by atoms with van der Waals surface area (Å²) in [5.74, 6) is -0.519. The lowest BCUT2D eigenvalue weighted by Gasteiger charge is -2.13. The van der Waals surface area contributed by atoms with Crippen molar-refractivity contribution >= 4 is 34.7 Å². The van der Waals surface area contributed by atoms with E-state index in [4.69, 9.17) is 24.4 Å². The zero-order valence-electron chi connectivity index (χ0n) is 14.0. The van der Waals surface area contributed by atoms with Gasteiger partial charge in [-0.15, -0.1) is 0 Å². The fourth-order valence-corrected chi connectivity index (χ4v) is 2.39. The van der Waals surface area contributed by atoms with Crippen molar-refractivity contribution in [2.45, 2.75) is 13.1 Å². The first-order chi connectivity index (χ1) is 12.5. The van der Waals surface area contributed by atoms with E-state index in [1.54, 1.807) is 24.3 Å². The minimum absolute atomic E-state index is 0.260. The Bertz CT molecular complexity index is 657. The number of hydrogen-bond acceptors (Lipinski definition) is 2.